The first-order valence-corrected chi connectivity index (χ1v) is 11.9. The zero-order chi connectivity index (χ0) is 25.0. The summed E-state index contributed by atoms with van der Waals surface area (Å²) in [4.78, 5) is 29.9. The van der Waals surface area contributed by atoms with Crippen molar-refractivity contribution in [2.24, 2.45) is 0 Å². The monoisotopic (exact) mass is 488 g/mol. The van der Waals surface area contributed by atoms with Gasteiger partial charge in [0.1, 0.15) is 0 Å². The largest absolute Gasteiger partial charge is 0.454 e. The molecule has 1 amide bonds. The van der Waals surface area contributed by atoms with E-state index in [0.29, 0.717) is 37.3 Å². The summed E-state index contributed by atoms with van der Waals surface area (Å²) >= 11 is 0. The van der Waals surface area contributed by atoms with Gasteiger partial charge in [0.15, 0.2) is 18.1 Å². The Balaban J connectivity index is 1.16. The van der Waals surface area contributed by atoms with E-state index < -0.39 is 18.2 Å². The van der Waals surface area contributed by atoms with Crippen molar-refractivity contribution in [3.05, 3.63) is 95.6 Å². The number of nitrogens with zero attached hydrogens (tertiary/aromatic N) is 2. The van der Waals surface area contributed by atoms with E-state index in [1.54, 1.807) is 65.6 Å². The highest BCUT2D eigenvalue weighted by atomic mass is 16.7. The molecule has 3 aromatic carbocycles. The Morgan fingerprint density at radius 3 is 2.08 bits per heavy atom. The molecule has 186 valence electrons. The molecular weight excluding hydrogens is 460 g/mol. The number of hydrogen-bond donors (Lipinski definition) is 1. The maximum atomic E-state index is 13.1. The number of hydrogen-bond acceptors (Lipinski definition) is 7. The number of esters is 1. The van der Waals surface area contributed by atoms with E-state index in [1.807, 2.05) is 18.2 Å². The summed E-state index contributed by atoms with van der Waals surface area (Å²) in [6.07, 6.45) is 0. The zero-order valence-corrected chi connectivity index (χ0v) is 19.8. The van der Waals surface area contributed by atoms with E-state index in [-0.39, 0.29) is 12.7 Å². The molecular formula is C28H28N2O6. The van der Waals surface area contributed by atoms with Gasteiger partial charge in [0.05, 0.1) is 0 Å². The van der Waals surface area contributed by atoms with Crippen molar-refractivity contribution in [3.8, 4) is 11.5 Å². The summed E-state index contributed by atoms with van der Waals surface area (Å²) in [5.74, 6) is 0.355. The van der Waals surface area contributed by atoms with E-state index in [9.17, 15) is 14.7 Å². The lowest BCUT2D eigenvalue weighted by Gasteiger charge is -2.35. The first-order chi connectivity index (χ1) is 17.5. The number of carbonyl (C=O) groups is 2. The third kappa shape index (κ3) is 4.91. The molecule has 0 bridgehead atoms. The molecule has 0 saturated carbocycles. The summed E-state index contributed by atoms with van der Waals surface area (Å²) in [5, 5.41) is 11.5. The van der Waals surface area contributed by atoms with Crippen LogP contribution < -0.4 is 9.47 Å². The van der Waals surface area contributed by atoms with Crippen LogP contribution in [0.25, 0.3) is 0 Å². The molecule has 0 unspecified atom stereocenters. The van der Waals surface area contributed by atoms with Crippen molar-refractivity contribution < 1.29 is 28.9 Å². The molecule has 5 rings (SSSR count). The number of amides is 1. The van der Waals surface area contributed by atoms with Gasteiger partial charge in [-0.25, -0.2) is 4.79 Å². The van der Waals surface area contributed by atoms with Gasteiger partial charge in [0.2, 0.25) is 12.4 Å². The quantitative estimate of drug-likeness (QED) is 0.512. The fourth-order valence-electron chi connectivity index (χ4n) is 4.54. The van der Waals surface area contributed by atoms with Gasteiger partial charge in [-0.3, -0.25) is 9.69 Å². The third-order valence-corrected chi connectivity index (χ3v) is 6.57. The standard InChI is InChI=1S/C28H28N2O6/c31-26(30-15-13-29(14-16-30)18-21-11-12-24-25(17-21)36-20-35-24)19-34-27(32)28(33,22-7-3-1-4-8-22)23-9-5-2-6-10-23/h1-12,17,33H,13-16,18-20H2. The van der Waals surface area contributed by atoms with Crippen LogP contribution in [-0.4, -0.2) is 66.4 Å². The second-order valence-electron chi connectivity index (χ2n) is 8.86. The Morgan fingerprint density at radius 1 is 0.833 bits per heavy atom. The maximum Gasteiger partial charge on any atom is 0.348 e. The Hall–Kier alpha value is -3.88. The highest BCUT2D eigenvalue weighted by Gasteiger charge is 2.42. The molecule has 2 heterocycles. The van der Waals surface area contributed by atoms with Crippen LogP contribution >= 0.6 is 0 Å². The first kappa shape index (κ1) is 23.8. The van der Waals surface area contributed by atoms with Crippen molar-refractivity contribution in [1.82, 2.24) is 9.80 Å². The number of fused-ring (bicyclic) bond motifs is 1. The molecule has 8 heteroatoms. The molecule has 0 aromatic heterocycles. The molecule has 0 spiro atoms. The topological polar surface area (TPSA) is 88.5 Å². The van der Waals surface area contributed by atoms with Gasteiger partial charge >= 0.3 is 5.97 Å². The molecule has 36 heavy (non-hydrogen) atoms. The van der Waals surface area contributed by atoms with Crippen molar-refractivity contribution in [3.63, 3.8) is 0 Å². The van der Waals surface area contributed by atoms with Crippen LogP contribution in [0.1, 0.15) is 16.7 Å². The molecule has 8 nitrogen and oxygen atoms in total. The molecule has 0 aliphatic carbocycles. The van der Waals surface area contributed by atoms with E-state index >= 15 is 0 Å². The van der Waals surface area contributed by atoms with Crippen molar-refractivity contribution in [2.75, 3.05) is 39.6 Å². The maximum absolute atomic E-state index is 13.1. The van der Waals surface area contributed by atoms with Gasteiger partial charge in [-0.2, -0.15) is 0 Å². The molecule has 3 aromatic rings. The van der Waals surface area contributed by atoms with E-state index in [0.717, 1.165) is 23.6 Å². The summed E-state index contributed by atoms with van der Waals surface area (Å²) in [5.41, 5.74) is -0.128. The third-order valence-electron chi connectivity index (χ3n) is 6.57. The lowest BCUT2D eigenvalue weighted by molar-refractivity contribution is -0.166. The van der Waals surface area contributed by atoms with Crippen molar-refractivity contribution in [1.29, 1.82) is 0 Å². The minimum Gasteiger partial charge on any atom is -0.454 e. The minimum absolute atomic E-state index is 0.248. The molecule has 0 atom stereocenters. The molecule has 1 fully saturated rings. The molecule has 1 saturated heterocycles. The van der Waals surface area contributed by atoms with Gasteiger partial charge in [-0.15, -0.1) is 0 Å². The Bertz CT molecular complexity index is 1170. The van der Waals surface area contributed by atoms with Gasteiger partial charge in [-0.1, -0.05) is 66.7 Å². The van der Waals surface area contributed by atoms with Gasteiger partial charge < -0.3 is 24.2 Å². The Kier molecular flexibility index (Phi) is 6.88. The Morgan fingerprint density at radius 2 is 1.44 bits per heavy atom. The second-order valence-corrected chi connectivity index (χ2v) is 8.86. The molecule has 1 N–H and O–H groups in total. The number of carbonyl (C=O) groups excluding carboxylic acids is 2. The number of piperazine rings is 1. The molecule has 2 aliphatic rings. The smallest absolute Gasteiger partial charge is 0.348 e. The number of benzene rings is 3. The van der Waals surface area contributed by atoms with Crippen LogP contribution in [0.4, 0.5) is 0 Å². The van der Waals surface area contributed by atoms with Crippen LogP contribution in [0, 0.1) is 0 Å². The predicted molar refractivity (Wildman–Crippen MR) is 131 cm³/mol. The lowest BCUT2D eigenvalue weighted by atomic mass is 9.86. The first-order valence-electron chi connectivity index (χ1n) is 11.9. The van der Waals surface area contributed by atoms with Gasteiger partial charge in [0.25, 0.3) is 5.91 Å². The van der Waals surface area contributed by atoms with Crippen LogP contribution in [0.15, 0.2) is 78.9 Å². The fourth-order valence-corrected chi connectivity index (χ4v) is 4.54. The molecule has 0 radical (unpaired) electrons. The normalized spacial score (nSPS) is 15.5. The van der Waals surface area contributed by atoms with Crippen LogP contribution in [0.2, 0.25) is 0 Å². The van der Waals surface area contributed by atoms with Crippen LogP contribution in [-0.2, 0) is 26.5 Å². The van der Waals surface area contributed by atoms with Crippen LogP contribution in [0.5, 0.6) is 11.5 Å². The fraction of sp³-hybridized carbons (Fsp3) is 0.286. The average Bonchev–Trinajstić information content (AvgIpc) is 3.40. The average molecular weight is 489 g/mol. The predicted octanol–water partition coefficient (Wildman–Crippen LogP) is 2.54. The summed E-state index contributed by atoms with van der Waals surface area (Å²) in [6.45, 7) is 3.03. The SMILES string of the molecule is O=C(COC(=O)C(O)(c1ccccc1)c1ccccc1)N1CCN(Cc2ccc3c(c2)OCO3)CC1. The number of rotatable bonds is 7. The van der Waals surface area contributed by atoms with Crippen molar-refractivity contribution >= 4 is 11.9 Å². The van der Waals surface area contributed by atoms with Gasteiger partial charge in [-0.05, 0) is 28.8 Å². The van der Waals surface area contributed by atoms with Crippen LogP contribution in [0.3, 0.4) is 0 Å². The lowest BCUT2D eigenvalue weighted by Crippen LogP contribution is -2.50. The zero-order valence-electron chi connectivity index (χ0n) is 19.8. The summed E-state index contributed by atoms with van der Waals surface area (Å²) in [6, 6.07) is 23.1. The van der Waals surface area contributed by atoms with E-state index in [4.69, 9.17) is 14.2 Å². The van der Waals surface area contributed by atoms with E-state index in [1.165, 1.54) is 0 Å². The second kappa shape index (κ2) is 10.4. The van der Waals surface area contributed by atoms with E-state index in [2.05, 4.69) is 4.90 Å². The molecule has 2 aliphatic heterocycles. The Labute approximate surface area is 209 Å². The highest BCUT2D eigenvalue weighted by Crippen LogP contribution is 2.33. The highest BCUT2D eigenvalue weighted by molar-refractivity contribution is 5.88. The minimum atomic E-state index is -2.01. The summed E-state index contributed by atoms with van der Waals surface area (Å²) in [7, 11) is 0. The summed E-state index contributed by atoms with van der Waals surface area (Å²) < 4.78 is 16.2. The number of ether oxygens (including phenoxy) is 3. The van der Waals surface area contributed by atoms with Gasteiger partial charge in [0, 0.05) is 32.7 Å². The number of aliphatic hydroxyl groups is 1. The van der Waals surface area contributed by atoms with Crippen molar-refractivity contribution in [2.45, 2.75) is 12.1 Å².